The van der Waals surface area contributed by atoms with Crippen LogP contribution in [0.25, 0.3) is 0 Å². The second kappa shape index (κ2) is 6.08. The Morgan fingerprint density at radius 3 is 2.30 bits per heavy atom. The van der Waals surface area contributed by atoms with Crippen LogP contribution in [0.1, 0.15) is 45.6 Å². The summed E-state index contributed by atoms with van der Waals surface area (Å²) in [6, 6.07) is 3.22. The Bertz CT molecular complexity index is 441. The van der Waals surface area contributed by atoms with E-state index in [2.05, 4.69) is 26.1 Å². The van der Waals surface area contributed by atoms with Gasteiger partial charge in [-0.25, -0.2) is 8.78 Å². The molecule has 0 radical (unpaired) electrons. The van der Waals surface area contributed by atoms with Gasteiger partial charge in [-0.15, -0.1) is 0 Å². The molecule has 2 nitrogen and oxygen atoms in total. The Balaban J connectivity index is 1.94. The van der Waals surface area contributed by atoms with E-state index in [-0.39, 0.29) is 11.2 Å². The molecule has 4 heteroatoms. The molecule has 0 spiro atoms. The third kappa shape index (κ3) is 4.75. The maximum atomic E-state index is 13.9. The predicted octanol–water partition coefficient (Wildman–Crippen LogP) is 4.03. The van der Waals surface area contributed by atoms with Crippen LogP contribution < -0.4 is 10.1 Å². The van der Waals surface area contributed by atoms with E-state index in [1.165, 1.54) is 12.1 Å². The lowest BCUT2D eigenvalue weighted by Crippen LogP contribution is -2.16. The van der Waals surface area contributed by atoms with Crippen molar-refractivity contribution in [3.63, 3.8) is 0 Å². The first-order valence-corrected chi connectivity index (χ1v) is 7.19. The Kier molecular flexibility index (Phi) is 4.63. The standard InChI is InChI=1S/C16H23F2NO/c1-16(2,3)6-7-20-15-13(17)8-11(9-14(15)18)10-19-12-4-5-12/h8-9,12,19H,4-7,10H2,1-3H3. The van der Waals surface area contributed by atoms with Crippen LogP contribution in [-0.2, 0) is 6.54 Å². The number of hydrogen-bond donors (Lipinski definition) is 1. The van der Waals surface area contributed by atoms with E-state index in [9.17, 15) is 8.78 Å². The lowest BCUT2D eigenvalue weighted by Gasteiger charge is -2.18. The molecular weight excluding hydrogens is 260 g/mol. The lowest BCUT2D eigenvalue weighted by molar-refractivity contribution is 0.226. The number of rotatable bonds is 6. The first kappa shape index (κ1) is 15.2. The molecule has 0 unspecified atom stereocenters. The second-order valence-corrected chi connectivity index (χ2v) is 6.70. The van der Waals surface area contributed by atoms with Crippen molar-refractivity contribution in [1.29, 1.82) is 0 Å². The highest BCUT2D eigenvalue weighted by Crippen LogP contribution is 2.26. The summed E-state index contributed by atoms with van der Waals surface area (Å²) in [6.45, 7) is 7.01. The monoisotopic (exact) mass is 283 g/mol. The minimum absolute atomic E-state index is 0.0844. The Morgan fingerprint density at radius 1 is 1.20 bits per heavy atom. The molecule has 112 valence electrons. The van der Waals surface area contributed by atoms with Crippen LogP contribution in [0.5, 0.6) is 5.75 Å². The fourth-order valence-electron chi connectivity index (χ4n) is 1.86. The Hall–Kier alpha value is -1.16. The topological polar surface area (TPSA) is 21.3 Å². The summed E-state index contributed by atoms with van der Waals surface area (Å²) in [5.41, 5.74) is 0.705. The lowest BCUT2D eigenvalue weighted by atomic mass is 9.93. The first-order valence-electron chi connectivity index (χ1n) is 7.19. The first-order chi connectivity index (χ1) is 9.35. The van der Waals surface area contributed by atoms with Crippen LogP contribution in [0.2, 0.25) is 0 Å². The highest BCUT2D eigenvalue weighted by atomic mass is 19.1. The molecule has 1 aromatic carbocycles. The van der Waals surface area contributed by atoms with Crippen LogP contribution in [-0.4, -0.2) is 12.6 Å². The smallest absolute Gasteiger partial charge is 0.190 e. The molecule has 0 bridgehead atoms. The molecule has 2 rings (SSSR count). The van der Waals surface area contributed by atoms with Crippen molar-refractivity contribution >= 4 is 0 Å². The molecule has 1 aromatic rings. The van der Waals surface area contributed by atoms with Crippen molar-refractivity contribution in [1.82, 2.24) is 5.32 Å². The van der Waals surface area contributed by atoms with E-state index in [0.29, 0.717) is 24.8 Å². The average molecular weight is 283 g/mol. The van der Waals surface area contributed by atoms with Crippen LogP contribution in [0.15, 0.2) is 12.1 Å². The second-order valence-electron chi connectivity index (χ2n) is 6.70. The number of ether oxygens (including phenoxy) is 1. The van der Waals surface area contributed by atoms with Crippen LogP contribution in [0.4, 0.5) is 8.78 Å². The predicted molar refractivity (Wildman–Crippen MR) is 75.8 cm³/mol. The van der Waals surface area contributed by atoms with Gasteiger partial charge in [-0.1, -0.05) is 20.8 Å². The SMILES string of the molecule is CC(C)(C)CCOc1c(F)cc(CNC2CC2)cc1F. The van der Waals surface area contributed by atoms with Crippen LogP contribution in [0.3, 0.4) is 0 Å². The Morgan fingerprint density at radius 2 is 1.80 bits per heavy atom. The van der Waals surface area contributed by atoms with Gasteiger partial charge in [-0.2, -0.15) is 0 Å². The molecule has 1 N–H and O–H groups in total. The molecule has 1 aliphatic carbocycles. The van der Waals surface area contributed by atoms with E-state index in [1.807, 2.05) is 0 Å². The normalized spacial score (nSPS) is 15.4. The van der Waals surface area contributed by atoms with Gasteiger partial charge in [0, 0.05) is 12.6 Å². The molecule has 0 amide bonds. The molecule has 1 fully saturated rings. The summed E-state index contributed by atoms with van der Waals surface area (Å²) in [7, 11) is 0. The minimum Gasteiger partial charge on any atom is -0.488 e. The number of hydrogen-bond acceptors (Lipinski definition) is 2. The molecule has 0 atom stereocenters. The Labute approximate surface area is 119 Å². The summed E-state index contributed by atoms with van der Waals surface area (Å²) in [5, 5.41) is 3.24. The van der Waals surface area contributed by atoms with Crippen molar-refractivity contribution < 1.29 is 13.5 Å². The van der Waals surface area contributed by atoms with E-state index in [1.54, 1.807) is 0 Å². The van der Waals surface area contributed by atoms with Crippen molar-refractivity contribution in [3.05, 3.63) is 29.3 Å². The highest BCUT2D eigenvalue weighted by molar-refractivity contribution is 5.31. The summed E-state index contributed by atoms with van der Waals surface area (Å²) < 4.78 is 33.0. The van der Waals surface area contributed by atoms with Crippen molar-refractivity contribution in [2.45, 2.75) is 52.6 Å². The van der Waals surface area contributed by atoms with Gasteiger partial charge in [0.25, 0.3) is 0 Å². The molecule has 0 heterocycles. The maximum Gasteiger partial charge on any atom is 0.190 e. The molecule has 1 aliphatic rings. The van der Waals surface area contributed by atoms with Gasteiger partial charge in [0.1, 0.15) is 0 Å². The van der Waals surface area contributed by atoms with Crippen molar-refractivity contribution in [3.8, 4) is 5.75 Å². The van der Waals surface area contributed by atoms with Gasteiger partial charge >= 0.3 is 0 Å². The van der Waals surface area contributed by atoms with E-state index >= 15 is 0 Å². The van der Waals surface area contributed by atoms with Crippen LogP contribution in [0, 0.1) is 17.0 Å². The summed E-state index contributed by atoms with van der Waals surface area (Å²) in [4.78, 5) is 0. The summed E-state index contributed by atoms with van der Waals surface area (Å²) in [6.07, 6.45) is 3.05. The maximum absolute atomic E-state index is 13.9. The van der Waals surface area contributed by atoms with Gasteiger partial charge in [0.2, 0.25) is 0 Å². The van der Waals surface area contributed by atoms with Gasteiger partial charge in [-0.05, 0) is 42.4 Å². The summed E-state index contributed by atoms with van der Waals surface area (Å²) in [5.74, 6) is -1.50. The largest absolute Gasteiger partial charge is 0.488 e. The van der Waals surface area contributed by atoms with E-state index in [0.717, 1.165) is 19.3 Å². The number of nitrogens with one attached hydrogen (secondary N) is 1. The zero-order chi connectivity index (χ0) is 14.8. The van der Waals surface area contributed by atoms with Gasteiger partial charge in [0.15, 0.2) is 17.4 Å². The average Bonchev–Trinajstić information content (AvgIpc) is 3.12. The third-order valence-electron chi connectivity index (χ3n) is 3.33. The van der Waals surface area contributed by atoms with Crippen molar-refractivity contribution in [2.75, 3.05) is 6.61 Å². The van der Waals surface area contributed by atoms with E-state index in [4.69, 9.17) is 4.74 Å². The third-order valence-corrected chi connectivity index (χ3v) is 3.33. The highest BCUT2D eigenvalue weighted by Gasteiger charge is 2.21. The molecule has 0 aliphatic heterocycles. The number of benzene rings is 1. The van der Waals surface area contributed by atoms with Crippen LogP contribution >= 0.6 is 0 Å². The fraction of sp³-hybridized carbons (Fsp3) is 0.625. The quantitative estimate of drug-likeness (QED) is 0.851. The molecule has 0 aromatic heterocycles. The van der Waals surface area contributed by atoms with Gasteiger partial charge in [-0.3, -0.25) is 0 Å². The zero-order valence-corrected chi connectivity index (χ0v) is 12.4. The van der Waals surface area contributed by atoms with Gasteiger partial charge < -0.3 is 10.1 Å². The van der Waals surface area contributed by atoms with E-state index < -0.39 is 11.6 Å². The minimum atomic E-state index is -0.619. The fourth-order valence-corrected chi connectivity index (χ4v) is 1.86. The molecule has 20 heavy (non-hydrogen) atoms. The van der Waals surface area contributed by atoms with Crippen molar-refractivity contribution in [2.24, 2.45) is 5.41 Å². The molecule has 0 saturated heterocycles. The number of halogens is 2. The molecule has 1 saturated carbocycles. The zero-order valence-electron chi connectivity index (χ0n) is 12.4. The van der Waals surface area contributed by atoms with Gasteiger partial charge in [0.05, 0.1) is 6.61 Å². The summed E-state index contributed by atoms with van der Waals surface area (Å²) >= 11 is 0. The molecular formula is C16H23F2NO.